The summed E-state index contributed by atoms with van der Waals surface area (Å²) in [4.78, 5) is 20.4. The number of carboxylic acids is 2. The second kappa shape index (κ2) is 21.9. The average Bonchev–Trinajstić information content (AvgIpc) is 2.84. The van der Waals surface area contributed by atoms with Gasteiger partial charge in [0.1, 0.15) is 0 Å². The summed E-state index contributed by atoms with van der Waals surface area (Å²) in [5.41, 5.74) is 0.331. The molecule has 0 aromatic heterocycles. The van der Waals surface area contributed by atoms with Crippen molar-refractivity contribution >= 4 is 11.9 Å². The predicted molar refractivity (Wildman–Crippen MR) is 133 cm³/mol. The summed E-state index contributed by atoms with van der Waals surface area (Å²) in [5, 5.41) is 34.4. The highest BCUT2D eigenvalue weighted by Crippen LogP contribution is 2.27. The van der Waals surface area contributed by atoms with Gasteiger partial charge in [0, 0.05) is 19.6 Å². The lowest BCUT2D eigenvalue weighted by molar-refractivity contribution is -0.137. The quantitative estimate of drug-likeness (QED) is 0.259. The molecule has 0 unspecified atom stereocenters. The van der Waals surface area contributed by atoms with Gasteiger partial charge >= 0.3 is 11.9 Å². The van der Waals surface area contributed by atoms with Crippen molar-refractivity contribution in [1.82, 2.24) is 0 Å². The Labute approximate surface area is 200 Å². The Balaban J connectivity index is 0.000000478. The van der Waals surface area contributed by atoms with Crippen LogP contribution in [0.2, 0.25) is 0 Å². The number of benzene rings is 1. The number of aliphatic carboxylic acids is 1. The van der Waals surface area contributed by atoms with Crippen molar-refractivity contribution in [3.05, 3.63) is 35.9 Å². The van der Waals surface area contributed by atoms with Gasteiger partial charge < -0.3 is 20.4 Å². The second-order valence-electron chi connectivity index (χ2n) is 8.90. The van der Waals surface area contributed by atoms with Crippen molar-refractivity contribution in [3.8, 4) is 0 Å². The molecule has 33 heavy (non-hydrogen) atoms. The number of aliphatic hydroxyl groups excluding tert-OH is 2. The molecule has 2 rings (SSSR count). The number of hydrogen-bond donors (Lipinski definition) is 4. The smallest absolute Gasteiger partial charge is 0.335 e. The number of aliphatic hydroxyl groups is 2. The van der Waals surface area contributed by atoms with Crippen molar-refractivity contribution in [2.45, 2.75) is 96.8 Å². The molecule has 1 fully saturated rings. The number of carboxylic acid groups (broad SMARTS) is 2. The van der Waals surface area contributed by atoms with E-state index >= 15 is 0 Å². The molecule has 1 aromatic rings. The molecule has 6 heteroatoms. The molecule has 1 aliphatic rings. The second-order valence-corrected chi connectivity index (χ2v) is 8.90. The third-order valence-electron chi connectivity index (χ3n) is 6.00. The maximum atomic E-state index is 10.2. The fourth-order valence-electron chi connectivity index (χ4n) is 3.76. The zero-order valence-electron chi connectivity index (χ0n) is 20.5. The third-order valence-corrected chi connectivity index (χ3v) is 6.00. The lowest BCUT2D eigenvalue weighted by Gasteiger charge is -2.25. The van der Waals surface area contributed by atoms with E-state index in [1.165, 1.54) is 44.9 Å². The van der Waals surface area contributed by atoms with E-state index in [1.54, 1.807) is 30.3 Å². The Morgan fingerprint density at radius 1 is 0.727 bits per heavy atom. The predicted octanol–water partition coefficient (Wildman–Crippen LogP) is 6.15. The van der Waals surface area contributed by atoms with Crippen LogP contribution in [0.3, 0.4) is 0 Å². The Kier molecular flexibility index (Phi) is 20.6. The van der Waals surface area contributed by atoms with Crippen LogP contribution in [0, 0.1) is 11.8 Å². The van der Waals surface area contributed by atoms with E-state index in [2.05, 4.69) is 6.92 Å². The van der Waals surface area contributed by atoms with Gasteiger partial charge in [-0.2, -0.15) is 0 Å². The molecule has 0 aliphatic heterocycles. The van der Waals surface area contributed by atoms with E-state index in [4.69, 9.17) is 20.4 Å². The summed E-state index contributed by atoms with van der Waals surface area (Å²) >= 11 is 0. The van der Waals surface area contributed by atoms with Crippen LogP contribution >= 0.6 is 0 Å². The molecule has 4 N–H and O–H groups in total. The van der Waals surface area contributed by atoms with E-state index in [1.807, 2.05) is 0 Å². The molecular weight excluding hydrogens is 420 g/mol. The molecule has 1 aromatic carbocycles. The third kappa shape index (κ3) is 19.3. The molecule has 190 valence electrons. The van der Waals surface area contributed by atoms with Gasteiger partial charge in [0.15, 0.2) is 0 Å². The van der Waals surface area contributed by atoms with Gasteiger partial charge in [-0.3, -0.25) is 4.79 Å². The monoisotopic (exact) mass is 466 g/mol. The minimum absolute atomic E-state index is 0.331. The van der Waals surface area contributed by atoms with Crippen molar-refractivity contribution in [2.24, 2.45) is 11.8 Å². The normalized spacial score (nSPS) is 17.2. The van der Waals surface area contributed by atoms with Gasteiger partial charge in [-0.15, -0.1) is 0 Å². The zero-order chi connectivity index (χ0) is 24.7. The van der Waals surface area contributed by atoms with E-state index in [-0.39, 0.29) is 0 Å². The number of aromatic carboxylic acids is 1. The highest BCUT2D eigenvalue weighted by molar-refractivity contribution is 5.87. The van der Waals surface area contributed by atoms with Crippen molar-refractivity contribution in [2.75, 3.05) is 13.2 Å². The van der Waals surface area contributed by atoms with E-state index < -0.39 is 11.9 Å². The standard InChI is InChI=1S/C12H24O2.C8H16O2.C7H6O2/c1-2-3-4-5-6-7-8-9-10-11-12(13)14;9-5-7-1-2-8(6-10)4-3-7;8-7(9)6-4-2-1-3-5-6/h2-11H2,1H3,(H,13,14);7-10H,1-6H2;1-5H,(H,8,9). The van der Waals surface area contributed by atoms with Crippen LogP contribution < -0.4 is 0 Å². The number of carbonyl (C=O) groups is 2. The Morgan fingerprint density at radius 2 is 1.15 bits per heavy atom. The Bertz CT molecular complexity index is 570. The lowest BCUT2D eigenvalue weighted by atomic mass is 9.83. The highest BCUT2D eigenvalue weighted by atomic mass is 16.4. The molecule has 0 spiro atoms. The Hall–Kier alpha value is -1.92. The minimum Gasteiger partial charge on any atom is -0.481 e. The van der Waals surface area contributed by atoms with Gasteiger partial charge in [-0.25, -0.2) is 4.79 Å². The zero-order valence-corrected chi connectivity index (χ0v) is 20.5. The molecule has 1 saturated carbocycles. The van der Waals surface area contributed by atoms with E-state index in [0.717, 1.165) is 38.5 Å². The number of unbranched alkanes of at least 4 members (excludes halogenated alkanes) is 8. The topological polar surface area (TPSA) is 115 Å². The minimum atomic E-state index is -0.879. The van der Waals surface area contributed by atoms with Crippen LogP contribution in [-0.2, 0) is 4.79 Å². The van der Waals surface area contributed by atoms with Gasteiger partial charge in [0.25, 0.3) is 0 Å². The van der Waals surface area contributed by atoms with Crippen LogP contribution in [0.1, 0.15) is 107 Å². The molecule has 0 atom stereocenters. The molecule has 0 bridgehead atoms. The first kappa shape index (κ1) is 31.1. The molecule has 1 aliphatic carbocycles. The molecule has 0 saturated heterocycles. The highest BCUT2D eigenvalue weighted by Gasteiger charge is 2.19. The van der Waals surface area contributed by atoms with Crippen LogP contribution in [-0.4, -0.2) is 45.6 Å². The Morgan fingerprint density at radius 3 is 1.48 bits per heavy atom. The summed E-state index contributed by atoms with van der Waals surface area (Å²) in [6, 6.07) is 8.30. The largest absolute Gasteiger partial charge is 0.481 e. The summed E-state index contributed by atoms with van der Waals surface area (Å²) in [6.45, 7) is 2.89. The first-order valence-electron chi connectivity index (χ1n) is 12.7. The SMILES string of the molecule is CCCCCCCCCCCC(=O)O.O=C(O)c1ccccc1.OCC1CCC(CO)CC1. The fraction of sp³-hybridized carbons (Fsp3) is 0.704. The molecule has 0 radical (unpaired) electrons. The first-order valence-corrected chi connectivity index (χ1v) is 12.7. The van der Waals surface area contributed by atoms with Crippen molar-refractivity contribution < 1.29 is 30.0 Å². The summed E-state index contributed by atoms with van der Waals surface area (Å²) in [7, 11) is 0. The number of hydrogen-bond acceptors (Lipinski definition) is 4. The van der Waals surface area contributed by atoms with Crippen LogP contribution in [0.25, 0.3) is 0 Å². The maximum absolute atomic E-state index is 10.2. The van der Waals surface area contributed by atoms with Gasteiger partial charge in [-0.1, -0.05) is 76.5 Å². The van der Waals surface area contributed by atoms with Gasteiger partial charge in [0.2, 0.25) is 0 Å². The average molecular weight is 467 g/mol. The van der Waals surface area contributed by atoms with Crippen molar-refractivity contribution in [3.63, 3.8) is 0 Å². The molecule has 0 amide bonds. The van der Waals surface area contributed by atoms with Crippen LogP contribution in [0.4, 0.5) is 0 Å². The maximum Gasteiger partial charge on any atom is 0.335 e. The first-order chi connectivity index (χ1) is 15.9. The van der Waals surface area contributed by atoms with Gasteiger partial charge in [0.05, 0.1) is 5.56 Å². The summed E-state index contributed by atoms with van der Waals surface area (Å²) in [5.74, 6) is -0.505. The van der Waals surface area contributed by atoms with Crippen molar-refractivity contribution in [1.29, 1.82) is 0 Å². The fourth-order valence-corrected chi connectivity index (χ4v) is 3.76. The van der Waals surface area contributed by atoms with Crippen LogP contribution in [0.5, 0.6) is 0 Å². The lowest BCUT2D eigenvalue weighted by Crippen LogP contribution is -2.19. The molecule has 6 nitrogen and oxygen atoms in total. The summed E-state index contributed by atoms with van der Waals surface area (Å²) in [6.07, 6.45) is 15.9. The molecule has 0 heterocycles. The van der Waals surface area contributed by atoms with E-state index in [0.29, 0.717) is 37.0 Å². The molecular formula is C27H46O6. The van der Waals surface area contributed by atoms with E-state index in [9.17, 15) is 9.59 Å². The summed E-state index contributed by atoms with van der Waals surface area (Å²) < 4.78 is 0. The van der Waals surface area contributed by atoms with Crippen LogP contribution in [0.15, 0.2) is 30.3 Å². The number of rotatable bonds is 13. The van der Waals surface area contributed by atoms with Gasteiger partial charge in [-0.05, 0) is 56.1 Å².